The van der Waals surface area contributed by atoms with Crippen LogP contribution in [-0.4, -0.2) is 54.4 Å². The smallest absolute Gasteiger partial charge is 0.313 e. The molecule has 3 aromatic rings. The lowest BCUT2D eigenvalue weighted by molar-refractivity contribution is -0.136. The molecule has 1 aliphatic heterocycles. The number of piperazine rings is 1. The van der Waals surface area contributed by atoms with Crippen molar-refractivity contribution in [3.8, 4) is 0 Å². The Hall–Kier alpha value is -3.49. The summed E-state index contributed by atoms with van der Waals surface area (Å²) in [6.45, 7) is 3.24. The summed E-state index contributed by atoms with van der Waals surface area (Å²) in [5.41, 5.74) is 2.38. The lowest BCUT2D eigenvalue weighted by atomic mass is 10.1. The van der Waals surface area contributed by atoms with Gasteiger partial charge >= 0.3 is 11.8 Å². The number of hydrogen-bond donors (Lipinski definition) is 2. The Morgan fingerprint density at radius 2 is 1.76 bits per heavy atom. The highest BCUT2D eigenvalue weighted by atomic mass is 35.5. The van der Waals surface area contributed by atoms with Gasteiger partial charge in [-0.05, 0) is 54.1 Å². The van der Waals surface area contributed by atoms with Gasteiger partial charge in [-0.2, -0.15) is 0 Å². The Labute approximate surface area is 202 Å². The molecule has 2 aromatic carbocycles. The molecule has 0 bridgehead atoms. The molecule has 7 nitrogen and oxygen atoms in total. The van der Waals surface area contributed by atoms with E-state index in [4.69, 9.17) is 11.6 Å². The van der Waals surface area contributed by atoms with Crippen LogP contribution in [0.25, 0.3) is 0 Å². The predicted molar refractivity (Wildman–Crippen MR) is 130 cm³/mol. The number of halogens is 2. The van der Waals surface area contributed by atoms with Crippen LogP contribution in [0.3, 0.4) is 0 Å². The molecule has 1 saturated heterocycles. The molecule has 34 heavy (non-hydrogen) atoms. The number of rotatable bonds is 6. The van der Waals surface area contributed by atoms with Gasteiger partial charge in [-0.3, -0.25) is 19.5 Å². The van der Waals surface area contributed by atoms with Gasteiger partial charge in [0.2, 0.25) is 0 Å². The average Bonchev–Trinajstić information content (AvgIpc) is 2.85. The maximum Gasteiger partial charge on any atom is 0.313 e. The molecule has 4 rings (SSSR count). The lowest BCUT2D eigenvalue weighted by Gasteiger charge is -2.40. The number of nitrogens with zero attached hydrogens (tertiary/aromatic N) is 3. The minimum Gasteiger partial charge on any atom is -0.369 e. The summed E-state index contributed by atoms with van der Waals surface area (Å²) in [6, 6.07) is 16.8. The SMILES string of the molecule is O=C(NC[C@@H](c1cccnc1)N1CCN(c2ccc(F)cc2)CC1)C(=O)Nc1cccc(Cl)c1. The van der Waals surface area contributed by atoms with Gasteiger partial charge in [0, 0.05) is 61.5 Å². The van der Waals surface area contributed by atoms with Crippen LogP contribution in [0.15, 0.2) is 73.1 Å². The van der Waals surface area contributed by atoms with E-state index in [9.17, 15) is 14.0 Å². The molecule has 0 radical (unpaired) electrons. The number of nitrogens with one attached hydrogen (secondary N) is 2. The summed E-state index contributed by atoms with van der Waals surface area (Å²) in [7, 11) is 0. The number of benzene rings is 2. The third-order valence-corrected chi connectivity index (χ3v) is 6.00. The number of hydrogen-bond acceptors (Lipinski definition) is 5. The molecule has 1 fully saturated rings. The Balaban J connectivity index is 1.38. The van der Waals surface area contributed by atoms with Gasteiger partial charge < -0.3 is 15.5 Å². The molecule has 2 amide bonds. The molecule has 0 saturated carbocycles. The van der Waals surface area contributed by atoms with Crippen molar-refractivity contribution >= 4 is 34.8 Å². The molecular weight excluding hydrogens is 457 g/mol. The van der Waals surface area contributed by atoms with E-state index in [0.717, 1.165) is 37.4 Å². The predicted octanol–water partition coefficient (Wildman–Crippen LogP) is 3.49. The number of amides is 2. The van der Waals surface area contributed by atoms with Crippen LogP contribution in [0.5, 0.6) is 0 Å². The lowest BCUT2D eigenvalue weighted by Crippen LogP contribution is -2.50. The fourth-order valence-corrected chi connectivity index (χ4v) is 4.19. The Kier molecular flexibility index (Phi) is 7.72. The van der Waals surface area contributed by atoms with Gasteiger partial charge in [0.25, 0.3) is 0 Å². The van der Waals surface area contributed by atoms with E-state index in [1.807, 2.05) is 12.1 Å². The number of aromatic nitrogens is 1. The first-order chi connectivity index (χ1) is 16.5. The zero-order valence-electron chi connectivity index (χ0n) is 18.5. The van der Waals surface area contributed by atoms with E-state index in [1.54, 1.807) is 48.8 Å². The standard InChI is InChI=1S/C25H25ClFN5O2/c26-19-4-1-5-21(15-19)30-25(34)24(33)29-17-23(18-3-2-10-28-16-18)32-13-11-31(12-14-32)22-8-6-20(27)7-9-22/h1-10,15-16,23H,11-14,17H2,(H,29,33)(H,30,34)/t23-/m0/s1. The molecule has 176 valence electrons. The highest BCUT2D eigenvalue weighted by Crippen LogP contribution is 2.24. The van der Waals surface area contributed by atoms with Crippen molar-refractivity contribution in [2.75, 3.05) is 42.9 Å². The first-order valence-corrected chi connectivity index (χ1v) is 11.4. The number of anilines is 2. The second-order valence-corrected chi connectivity index (χ2v) is 8.41. The van der Waals surface area contributed by atoms with E-state index < -0.39 is 11.8 Å². The highest BCUT2D eigenvalue weighted by Gasteiger charge is 2.27. The van der Waals surface area contributed by atoms with Crippen LogP contribution in [0.1, 0.15) is 11.6 Å². The summed E-state index contributed by atoms with van der Waals surface area (Å²) < 4.78 is 13.3. The second-order valence-electron chi connectivity index (χ2n) is 7.98. The highest BCUT2D eigenvalue weighted by molar-refractivity contribution is 6.39. The summed E-state index contributed by atoms with van der Waals surface area (Å²) in [5.74, 6) is -1.73. The molecule has 1 atom stereocenters. The molecule has 0 spiro atoms. The Morgan fingerprint density at radius 3 is 2.44 bits per heavy atom. The topological polar surface area (TPSA) is 77.6 Å². The largest absolute Gasteiger partial charge is 0.369 e. The summed E-state index contributed by atoms with van der Waals surface area (Å²) in [4.78, 5) is 33.5. The first kappa shape index (κ1) is 23.7. The van der Waals surface area contributed by atoms with E-state index in [-0.39, 0.29) is 18.4 Å². The van der Waals surface area contributed by atoms with Crippen LogP contribution < -0.4 is 15.5 Å². The van der Waals surface area contributed by atoms with Crippen molar-refractivity contribution in [1.82, 2.24) is 15.2 Å². The molecule has 0 unspecified atom stereocenters. The molecule has 1 aliphatic rings. The van der Waals surface area contributed by atoms with Gasteiger partial charge in [-0.25, -0.2) is 4.39 Å². The van der Waals surface area contributed by atoms with Crippen molar-refractivity contribution in [1.29, 1.82) is 0 Å². The minimum atomic E-state index is -0.756. The minimum absolute atomic E-state index is 0.146. The van der Waals surface area contributed by atoms with E-state index >= 15 is 0 Å². The third-order valence-electron chi connectivity index (χ3n) is 5.76. The molecule has 2 N–H and O–H groups in total. The first-order valence-electron chi connectivity index (χ1n) is 11.0. The van der Waals surface area contributed by atoms with Crippen LogP contribution in [0.4, 0.5) is 15.8 Å². The summed E-state index contributed by atoms with van der Waals surface area (Å²) in [6.07, 6.45) is 3.47. The Bertz CT molecular complexity index is 1120. The summed E-state index contributed by atoms with van der Waals surface area (Å²) in [5, 5.41) is 5.78. The summed E-state index contributed by atoms with van der Waals surface area (Å²) >= 11 is 5.94. The van der Waals surface area contributed by atoms with E-state index in [2.05, 4.69) is 25.4 Å². The van der Waals surface area contributed by atoms with Crippen molar-refractivity contribution in [3.63, 3.8) is 0 Å². The zero-order chi connectivity index (χ0) is 23.9. The van der Waals surface area contributed by atoms with Gasteiger partial charge in [0.15, 0.2) is 0 Å². The van der Waals surface area contributed by atoms with Crippen molar-refractivity contribution in [3.05, 3.63) is 89.5 Å². The van der Waals surface area contributed by atoms with Gasteiger partial charge in [-0.15, -0.1) is 0 Å². The maximum atomic E-state index is 13.3. The molecule has 9 heteroatoms. The second kappa shape index (κ2) is 11.1. The maximum absolute atomic E-state index is 13.3. The number of pyridine rings is 1. The monoisotopic (exact) mass is 481 g/mol. The van der Waals surface area contributed by atoms with Gasteiger partial charge in [-0.1, -0.05) is 23.7 Å². The average molecular weight is 482 g/mol. The molecule has 0 aliphatic carbocycles. The van der Waals surface area contributed by atoms with Crippen molar-refractivity contribution < 1.29 is 14.0 Å². The third kappa shape index (κ3) is 6.09. The fraction of sp³-hybridized carbons (Fsp3) is 0.240. The molecular formula is C25H25ClFN5O2. The van der Waals surface area contributed by atoms with Crippen LogP contribution in [-0.2, 0) is 9.59 Å². The van der Waals surface area contributed by atoms with Crippen molar-refractivity contribution in [2.45, 2.75) is 6.04 Å². The van der Waals surface area contributed by atoms with Gasteiger partial charge in [0.1, 0.15) is 5.82 Å². The molecule has 1 aromatic heterocycles. The van der Waals surface area contributed by atoms with Gasteiger partial charge in [0.05, 0.1) is 6.04 Å². The van der Waals surface area contributed by atoms with E-state index in [0.29, 0.717) is 10.7 Å². The van der Waals surface area contributed by atoms with Crippen molar-refractivity contribution in [2.24, 2.45) is 0 Å². The van der Waals surface area contributed by atoms with Crippen LogP contribution in [0.2, 0.25) is 5.02 Å². The Morgan fingerprint density at radius 1 is 1.00 bits per heavy atom. The quantitative estimate of drug-likeness (QED) is 0.527. The zero-order valence-corrected chi connectivity index (χ0v) is 19.2. The molecule has 2 heterocycles. The van der Waals surface area contributed by atoms with Crippen LogP contribution >= 0.6 is 11.6 Å². The normalized spacial score (nSPS) is 14.9. The number of carbonyl (C=O) groups is 2. The van der Waals surface area contributed by atoms with Crippen LogP contribution in [0, 0.1) is 5.82 Å². The fourth-order valence-electron chi connectivity index (χ4n) is 4.00. The van der Waals surface area contributed by atoms with E-state index in [1.165, 1.54) is 12.1 Å². The number of carbonyl (C=O) groups excluding carboxylic acids is 2.